The van der Waals surface area contributed by atoms with Crippen molar-refractivity contribution in [1.29, 1.82) is 0 Å². The summed E-state index contributed by atoms with van der Waals surface area (Å²) in [5, 5.41) is 2.71. The fourth-order valence-electron chi connectivity index (χ4n) is 2.74. The molecule has 7 heteroatoms. The molecule has 0 spiro atoms. The minimum atomic E-state index is -3.46. The highest BCUT2D eigenvalue weighted by Crippen LogP contribution is 2.37. The minimum Gasteiger partial charge on any atom is -0.324 e. The fourth-order valence-corrected chi connectivity index (χ4v) is 4.00. The van der Waals surface area contributed by atoms with Crippen molar-refractivity contribution in [2.24, 2.45) is 0 Å². The summed E-state index contributed by atoms with van der Waals surface area (Å²) in [5.74, 6) is -0.844. The molecule has 3 rings (SSSR count). The number of nitrogens with zero attached hydrogens (tertiary/aromatic N) is 1. The van der Waals surface area contributed by atoms with Crippen molar-refractivity contribution < 1.29 is 17.6 Å². The highest BCUT2D eigenvalue weighted by molar-refractivity contribution is 7.92. The molecule has 1 aliphatic carbocycles. The normalized spacial score (nSPS) is 14.2. The number of hydrogen-bond acceptors (Lipinski definition) is 3. The highest BCUT2D eigenvalue weighted by Gasteiger charge is 2.36. The van der Waals surface area contributed by atoms with Crippen LogP contribution >= 0.6 is 0 Å². The number of anilines is 2. The number of rotatable bonds is 6. The molecule has 2 aromatic rings. The monoisotopic (exact) mass is 362 g/mol. The number of nitrogens with one attached hydrogen (secondary N) is 1. The summed E-state index contributed by atoms with van der Waals surface area (Å²) in [6, 6.07) is 12.8. The van der Waals surface area contributed by atoms with Gasteiger partial charge < -0.3 is 5.32 Å². The molecule has 1 aliphatic rings. The first-order valence-electron chi connectivity index (χ1n) is 7.98. The second kappa shape index (κ2) is 6.84. The lowest BCUT2D eigenvalue weighted by Crippen LogP contribution is -2.33. The number of amides is 1. The maximum atomic E-state index is 13.7. The lowest BCUT2D eigenvalue weighted by Gasteiger charge is -2.24. The van der Waals surface area contributed by atoms with E-state index in [1.54, 1.807) is 42.5 Å². The van der Waals surface area contributed by atoms with Crippen LogP contribution in [0.4, 0.5) is 15.8 Å². The third kappa shape index (κ3) is 4.17. The van der Waals surface area contributed by atoms with Crippen LogP contribution in [-0.4, -0.2) is 26.6 Å². The molecule has 0 heterocycles. The molecule has 1 N–H and O–H groups in total. The lowest BCUT2D eigenvalue weighted by atomic mass is 10.1. The van der Waals surface area contributed by atoms with Crippen LogP contribution < -0.4 is 9.62 Å². The molecular weight excluding hydrogens is 343 g/mol. The van der Waals surface area contributed by atoms with Crippen molar-refractivity contribution in [2.45, 2.75) is 25.3 Å². The van der Waals surface area contributed by atoms with Gasteiger partial charge in [0.15, 0.2) is 0 Å². The number of carbonyl (C=O) groups is 1. The Labute approximate surface area is 146 Å². The van der Waals surface area contributed by atoms with Crippen LogP contribution in [-0.2, 0) is 21.2 Å². The third-order valence-electron chi connectivity index (χ3n) is 3.96. The van der Waals surface area contributed by atoms with Gasteiger partial charge in [-0.1, -0.05) is 30.3 Å². The van der Waals surface area contributed by atoms with Crippen LogP contribution in [0.15, 0.2) is 48.5 Å². The van der Waals surface area contributed by atoms with Crippen molar-refractivity contribution in [2.75, 3.05) is 15.9 Å². The summed E-state index contributed by atoms with van der Waals surface area (Å²) in [5.41, 5.74) is 1.13. The summed E-state index contributed by atoms with van der Waals surface area (Å²) >= 11 is 0. The Morgan fingerprint density at radius 2 is 1.80 bits per heavy atom. The zero-order chi connectivity index (χ0) is 18.0. The quantitative estimate of drug-likeness (QED) is 0.859. The number of hydrogen-bond donors (Lipinski definition) is 1. The van der Waals surface area contributed by atoms with Gasteiger partial charge in [0, 0.05) is 6.04 Å². The molecule has 0 saturated heterocycles. The van der Waals surface area contributed by atoms with Crippen LogP contribution in [0.25, 0.3) is 0 Å². The molecule has 5 nitrogen and oxygen atoms in total. The zero-order valence-corrected chi connectivity index (χ0v) is 14.6. The van der Waals surface area contributed by atoms with E-state index in [4.69, 9.17) is 0 Å². The zero-order valence-electron chi connectivity index (χ0n) is 13.8. The van der Waals surface area contributed by atoms with Gasteiger partial charge in [0.25, 0.3) is 0 Å². The summed E-state index contributed by atoms with van der Waals surface area (Å²) in [6.45, 7) is 0. The highest BCUT2D eigenvalue weighted by atomic mass is 32.2. The van der Waals surface area contributed by atoms with Crippen molar-refractivity contribution in [1.82, 2.24) is 0 Å². The van der Waals surface area contributed by atoms with Crippen LogP contribution in [0.5, 0.6) is 0 Å². The Hall–Kier alpha value is -2.41. The molecule has 0 bridgehead atoms. The predicted octanol–water partition coefficient (Wildman–Crippen LogP) is 2.94. The van der Waals surface area contributed by atoms with E-state index in [0.29, 0.717) is 16.9 Å². The summed E-state index contributed by atoms with van der Waals surface area (Å²) in [6.07, 6.45) is 2.63. The molecule has 2 aromatic carbocycles. The minimum absolute atomic E-state index is 0.0698. The Morgan fingerprint density at radius 1 is 1.16 bits per heavy atom. The second-order valence-corrected chi connectivity index (χ2v) is 7.98. The van der Waals surface area contributed by atoms with E-state index in [-0.39, 0.29) is 12.5 Å². The SMILES string of the molecule is CS(=O)(=O)N(c1ccccc1NC(=O)Cc1ccccc1F)C1CC1. The van der Waals surface area contributed by atoms with Crippen LogP contribution in [0.3, 0.4) is 0 Å². The standard InChI is InChI=1S/C18H19FN2O3S/c1-25(23,24)21(14-10-11-14)17-9-5-4-8-16(17)20-18(22)12-13-6-2-3-7-15(13)19/h2-9,14H,10-12H2,1H3,(H,20,22). The van der Waals surface area contributed by atoms with Gasteiger partial charge >= 0.3 is 0 Å². The maximum Gasteiger partial charge on any atom is 0.232 e. The number of carbonyl (C=O) groups excluding carboxylic acids is 1. The van der Waals surface area contributed by atoms with Crippen molar-refractivity contribution >= 4 is 27.3 Å². The molecule has 0 aromatic heterocycles. The maximum absolute atomic E-state index is 13.7. The smallest absolute Gasteiger partial charge is 0.232 e. The Morgan fingerprint density at radius 3 is 2.44 bits per heavy atom. The average molecular weight is 362 g/mol. The lowest BCUT2D eigenvalue weighted by molar-refractivity contribution is -0.115. The number of halogens is 1. The van der Waals surface area contributed by atoms with Gasteiger partial charge in [0.05, 0.1) is 24.1 Å². The van der Waals surface area contributed by atoms with Gasteiger partial charge in [-0.05, 0) is 36.6 Å². The molecule has 0 radical (unpaired) electrons. The van der Waals surface area contributed by atoms with Crippen LogP contribution in [0, 0.1) is 5.82 Å². The molecule has 0 atom stereocenters. The largest absolute Gasteiger partial charge is 0.324 e. The van der Waals surface area contributed by atoms with Crippen LogP contribution in [0.2, 0.25) is 0 Å². The number of para-hydroxylation sites is 2. The van der Waals surface area contributed by atoms with Crippen molar-refractivity contribution in [3.8, 4) is 0 Å². The summed E-state index contributed by atoms with van der Waals surface area (Å²) < 4.78 is 39.4. The van der Waals surface area contributed by atoms with Gasteiger partial charge in [-0.25, -0.2) is 12.8 Å². The predicted molar refractivity (Wildman–Crippen MR) is 95.5 cm³/mol. The molecule has 1 saturated carbocycles. The third-order valence-corrected chi connectivity index (χ3v) is 5.17. The van der Waals surface area contributed by atoms with E-state index in [9.17, 15) is 17.6 Å². The van der Waals surface area contributed by atoms with Crippen LogP contribution in [0.1, 0.15) is 18.4 Å². The Bertz CT molecular complexity index is 895. The van der Waals surface area contributed by atoms with Gasteiger partial charge in [-0.2, -0.15) is 0 Å². The summed E-state index contributed by atoms with van der Waals surface area (Å²) in [4.78, 5) is 12.3. The topological polar surface area (TPSA) is 66.5 Å². The Kier molecular flexibility index (Phi) is 4.76. The number of benzene rings is 2. The molecule has 0 unspecified atom stereocenters. The fraction of sp³-hybridized carbons (Fsp3) is 0.278. The first-order chi connectivity index (χ1) is 11.9. The first kappa shape index (κ1) is 17.4. The van der Waals surface area contributed by atoms with Crippen molar-refractivity contribution in [3.05, 3.63) is 59.9 Å². The van der Waals surface area contributed by atoms with E-state index in [1.165, 1.54) is 10.4 Å². The molecule has 1 amide bonds. The first-order valence-corrected chi connectivity index (χ1v) is 9.83. The van der Waals surface area contributed by atoms with E-state index in [0.717, 1.165) is 19.1 Å². The average Bonchev–Trinajstić information content (AvgIpc) is 3.35. The van der Waals surface area contributed by atoms with Gasteiger partial charge in [0.1, 0.15) is 5.82 Å². The van der Waals surface area contributed by atoms with Gasteiger partial charge in [-0.3, -0.25) is 9.10 Å². The molecular formula is C18H19FN2O3S. The molecule has 25 heavy (non-hydrogen) atoms. The summed E-state index contributed by atoms with van der Waals surface area (Å²) in [7, 11) is -3.46. The molecule has 132 valence electrons. The van der Waals surface area contributed by atoms with Gasteiger partial charge in [0.2, 0.25) is 15.9 Å². The number of sulfonamides is 1. The van der Waals surface area contributed by atoms with E-state index >= 15 is 0 Å². The second-order valence-electron chi connectivity index (χ2n) is 6.12. The van der Waals surface area contributed by atoms with E-state index < -0.39 is 21.7 Å². The molecule has 0 aliphatic heterocycles. The van der Waals surface area contributed by atoms with E-state index in [1.807, 2.05) is 0 Å². The Balaban J connectivity index is 1.84. The van der Waals surface area contributed by atoms with Gasteiger partial charge in [-0.15, -0.1) is 0 Å². The van der Waals surface area contributed by atoms with Crippen molar-refractivity contribution in [3.63, 3.8) is 0 Å². The molecule has 1 fully saturated rings. The van der Waals surface area contributed by atoms with E-state index in [2.05, 4.69) is 5.32 Å².